The van der Waals surface area contributed by atoms with E-state index < -0.39 is 47.5 Å². The number of phenols is 2. The van der Waals surface area contributed by atoms with Crippen LogP contribution >= 0.6 is 11.6 Å². The number of H-pyrrole nitrogens is 1. The van der Waals surface area contributed by atoms with E-state index in [2.05, 4.69) is 10.3 Å². The predicted molar refractivity (Wildman–Crippen MR) is 200 cm³/mol. The number of rotatable bonds is 9. The van der Waals surface area contributed by atoms with E-state index in [-0.39, 0.29) is 60.2 Å². The molecule has 2 unspecified atom stereocenters. The van der Waals surface area contributed by atoms with Crippen molar-refractivity contribution >= 4 is 58.2 Å². The fraction of sp³-hybridized carbons (Fsp3) is 0.179. The fourth-order valence-corrected chi connectivity index (χ4v) is 6.44. The quantitative estimate of drug-likeness (QED) is 0.0974. The highest BCUT2D eigenvalue weighted by Crippen LogP contribution is 2.41. The third-order valence-corrected chi connectivity index (χ3v) is 9.23. The number of fused-ring (bicyclic) bond motifs is 2. The number of aromatic carboxylic acids is 3. The molecule has 0 aliphatic carbocycles. The number of carbonyl (C=O) groups excluding carboxylic acids is 2. The van der Waals surface area contributed by atoms with Gasteiger partial charge in [0.2, 0.25) is 12.7 Å². The number of carboxylic acids is 4. The Labute approximate surface area is 327 Å². The Bertz CT molecular complexity index is 2390. The lowest BCUT2D eigenvalue weighted by Gasteiger charge is -2.23. The van der Waals surface area contributed by atoms with Crippen molar-refractivity contribution in [1.82, 2.24) is 15.2 Å². The molecule has 57 heavy (non-hydrogen) atoms. The molecular weight excluding hydrogens is 770 g/mol. The molecule has 0 spiro atoms. The van der Waals surface area contributed by atoms with Crippen LogP contribution in [0.2, 0.25) is 5.02 Å². The van der Waals surface area contributed by atoms with Crippen molar-refractivity contribution in [2.24, 2.45) is 5.92 Å². The first kappa shape index (κ1) is 40.9. The van der Waals surface area contributed by atoms with Crippen LogP contribution in [0.5, 0.6) is 23.0 Å². The molecule has 2 amide bonds. The average Bonchev–Trinajstić information content (AvgIpc) is 3.87. The highest BCUT2D eigenvalue weighted by Gasteiger charge is 2.43. The van der Waals surface area contributed by atoms with Gasteiger partial charge < -0.3 is 55.3 Å². The molecular formula is C39H34ClN3O14. The first-order chi connectivity index (χ1) is 27.1. The Kier molecular flexibility index (Phi) is 12.5. The third-order valence-electron chi connectivity index (χ3n) is 9.00. The predicted octanol–water partition coefficient (Wildman–Crippen LogP) is 5.01. The minimum atomic E-state index is -1.22. The van der Waals surface area contributed by atoms with Gasteiger partial charge in [0.25, 0.3) is 5.91 Å². The van der Waals surface area contributed by atoms with E-state index in [9.17, 15) is 44.1 Å². The van der Waals surface area contributed by atoms with E-state index >= 15 is 0 Å². The molecule has 296 valence electrons. The van der Waals surface area contributed by atoms with E-state index in [1.54, 1.807) is 49.5 Å². The molecule has 17 nitrogen and oxygen atoms in total. The Balaban J connectivity index is 0.000000179. The number of amides is 2. The zero-order chi connectivity index (χ0) is 41.6. The van der Waals surface area contributed by atoms with Crippen LogP contribution < -0.4 is 14.8 Å². The van der Waals surface area contributed by atoms with Crippen molar-refractivity contribution in [3.8, 4) is 23.0 Å². The van der Waals surface area contributed by atoms with Crippen molar-refractivity contribution in [2.75, 3.05) is 20.4 Å². The number of halogens is 1. The van der Waals surface area contributed by atoms with Gasteiger partial charge in [-0.1, -0.05) is 29.8 Å². The molecule has 7 rings (SSSR count). The minimum absolute atomic E-state index is 0.0327. The minimum Gasteiger partial charge on any atom is -0.508 e. The van der Waals surface area contributed by atoms with Crippen LogP contribution in [-0.4, -0.2) is 96.6 Å². The molecule has 2 aliphatic heterocycles. The number of carboxylic acid groups (broad SMARTS) is 4. The number of aromatic amines is 1. The van der Waals surface area contributed by atoms with Crippen LogP contribution in [0.25, 0.3) is 10.9 Å². The second-order valence-electron chi connectivity index (χ2n) is 12.5. The number of phenolic OH excluding ortho intramolecular Hbond substituents is 1. The molecule has 1 aromatic heterocycles. The molecule has 1 saturated heterocycles. The number of likely N-dealkylation sites (tertiary alicyclic amines) is 1. The second kappa shape index (κ2) is 17.5. The SMILES string of the molecule is CN1C(=O)CC(C(=O)O)C1c1ccc2c(c1)OCO2.O=C(O)c1ccc(O)cc1O.O=C(O)c1ccccc1C(=O)NCCc1c(C(=O)O)[nH]c2ccc(Cl)cc12. The number of hydrogen-bond acceptors (Lipinski definition) is 10. The number of aromatic nitrogens is 1. The van der Waals surface area contributed by atoms with E-state index in [1.165, 1.54) is 29.2 Å². The maximum absolute atomic E-state index is 12.3. The first-order valence-electron chi connectivity index (χ1n) is 16.8. The Morgan fingerprint density at radius 3 is 2.16 bits per heavy atom. The van der Waals surface area contributed by atoms with Gasteiger partial charge in [-0.05, 0) is 72.1 Å². The van der Waals surface area contributed by atoms with Gasteiger partial charge in [-0.15, -0.1) is 0 Å². The van der Waals surface area contributed by atoms with Gasteiger partial charge in [0.15, 0.2) is 11.5 Å². The van der Waals surface area contributed by atoms with Crippen LogP contribution in [0.15, 0.2) is 78.9 Å². The largest absolute Gasteiger partial charge is 0.508 e. The first-order valence-corrected chi connectivity index (χ1v) is 17.2. The van der Waals surface area contributed by atoms with E-state index in [0.717, 1.165) is 17.7 Å². The van der Waals surface area contributed by atoms with Crippen LogP contribution in [0.3, 0.4) is 0 Å². The van der Waals surface area contributed by atoms with E-state index in [1.807, 2.05) is 0 Å². The summed E-state index contributed by atoms with van der Waals surface area (Å²) in [5, 5.41) is 57.7. The summed E-state index contributed by atoms with van der Waals surface area (Å²) in [4.78, 5) is 72.6. The maximum Gasteiger partial charge on any atom is 0.352 e. The molecule has 1 fully saturated rings. The van der Waals surface area contributed by atoms with E-state index in [4.69, 9.17) is 36.4 Å². The highest BCUT2D eigenvalue weighted by molar-refractivity contribution is 6.31. The number of carbonyl (C=O) groups is 6. The molecule has 0 bridgehead atoms. The van der Waals surface area contributed by atoms with E-state index in [0.29, 0.717) is 33.0 Å². The summed E-state index contributed by atoms with van der Waals surface area (Å²) in [5.41, 5.74) is 1.67. The molecule has 0 saturated carbocycles. The summed E-state index contributed by atoms with van der Waals surface area (Å²) in [5.74, 6) is -5.26. The number of aliphatic carboxylic acids is 1. The topological polar surface area (TPSA) is 273 Å². The molecule has 2 aliphatic rings. The zero-order valence-electron chi connectivity index (χ0n) is 29.8. The monoisotopic (exact) mass is 803 g/mol. The van der Waals surface area contributed by atoms with Gasteiger partial charge in [-0.25, -0.2) is 14.4 Å². The Hall–Kier alpha value is -7.27. The number of aromatic hydroxyl groups is 2. The number of hydrogen-bond donors (Lipinski definition) is 8. The van der Waals surface area contributed by atoms with Crippen molar-refractivity contribution in [1.29, 1.82) is 0 Å². The molecule has 18 heteroatoms. The number of ether oxygens (including phenoxy) is 2. The molecule has 4 aromatic carbocycles. The Morgan fingerprint density at radius 1 is 0.825 bits per heavy atom. The number of nitrogens with one attached hydrogen (secondary N) is 2. The molecule has 0 radical (unpaired) electrons. The average molecular weight is 804 g/mol. The normalized spacial score (nSPS) is 15.2. The molecule has 2 atom stereocenters. The van der Waals surface area contributed by atoms with Crippen molar-refractivity contribution in [2.45, 2.75) is 18.9 Å². The van der Waals surface area contributed by atoms with Crippen LogP contribution in [-0.2, 0) is 16.0 Å². The lowest BCUT2D eigenvalue weighted by molar-refractivity contribution is -0.142. The summed E-state index contributed by atoms with van der Waals surface area (Å²) in [6.45, 7) is 0.299. The second-order valence-corrected chi connectivity index (χ2v) is 13.0. The van der Waals surface area contributed by atoms with Crippen LogP contribution in [0.1, 0.15) is 65.2 Å². The number of nitrogens with zero attached hydrogens (tertiary/aromatic N) is 1. The molecule has 8 N–H and O–H groups in total. The summed E-state index contributed by atoms with van der Waals surface area (Å²) >= 11 is 6.00. The van der Waals surface area contributed by atoms with Crippen LogP contribution in [0.4, 0.5) is 0 Å². The summed E-state index contributed by atoms with van der Waals surface area (Å²) in [6.07, 6.45) is 0.272. The lowest BCUT2D eigenvalue weighted by atomic mass is 9.93. The zero-order valence-corrected chi connectivity index (χ0v) is 30.5. The standard InChI is InChI=1S/C19H15ClN2O5.C13H13NO5.C7H6O4/c20-10-5-6-15-14(9-10)11(16(22-15)19(26)27)7-8-21-17(23)12-3-1-2-4-13(12)18(24)25;1-14-11(15)5-8(13(16)17)12(14)7-2-3-9-10(4-7)19-6-18-9;8-4-1-2-5(7(10)11)6(9)3-4/h1-6,9,22H,7-8H2,(H,21,23)(H,24,25)(H,26,27);2-4,8,12H,5-6H2,1H3,(H,16,17);1-3,8-9H,(H,10,11). The van der Waals surface area contributed by atoms with Crippen molar-refractivity contribution in [3.63, 3.8) is 0 Å². The van der Waals surface area contributed by atoms with Gasteiger partial charge in [0, 0.05) is 42.0 Å². The smallest absolute Gasteiger partial charge is 0.352 e. The van der Waals surface area contributed by atoms with Gasteiger partial charge in [0.05, 0.1) is 23.1 Å². The molecule has 3 heterocycles. The van der Waals surface area contributed by atoms with Gasteiger partial charge in [-0.3, -0.25) is 14.4 Å². The number of benzene rings is 4. The Morgan fingerprint density at radius 2 is 1.51 bits per heavy atom. The lowest BCUT2D eigenvalue weighted by Crippen LogP contribution is -2.27. The summed E-state index contributed by atoms with van der Waals surface area (Å²) in [7, 11) is 1.63. The van der Waals surface area contributed by atoms with Crippen molar-refractivity contribution in [3.05, 3.63) is 117 Å². The summed E-state index contributed by atoms with van der Waals surface area (Å²) in [6, 6.07) is 19.0. The highest BCUT2D eigenvalue weighted by atomic mass is 35.5. The third kappa shape index (κ3) is 9.34. The summed E-state index contributed by atoms with van der Waals surface area (Å²) < 4.78 is 10.5. The van der Waals surface area contributed by atoms with Crippen molar-refractivity contribution < 1.29 is 68.9 Å². The molecule has 5 aromatic rings. The van der Waals surface area contributed by atoms with Gasteiger partial charge >= 0.3 is 23.9 Å². The fourth-order valence-electron chi connectivity index (χ4n) is 6.27. The van der Waals surface area contributed by atoms with Crippen LogP contribution in [0, 0.1) is 5.92 Å². The van der Waals surface area contributed by atoms with Gasteiger partial charge in [0.1, 0.15) is 22.8 Å². The maximum atomic E-state index is 12.3. The van der Waals surface area contributed by atoms with Gasteiger partial charge in [-0.2, -0.15) is 0 Å².